The van der Waals surface area contributed by atoms with Gasteiger partial charge in [0.1, 0.15) is 16.6 Å². The third kappa shape index (κ3) is 1.45. The van der Waals surface area contributed by atoms with Gasteiger partial charge in [-0.05, 0) is 12.1 Å². The zero-order chi connectivity index (χ0) is 9.26. The summed E-state index contributed by atoms with van der Waals surface area (Å²) in [6, 6.07) is 3.74. The van der Waals surface area contributed by atoms with Crippen LogP contribution in [-0.2, 0) is 0 Å². The molecule has 0 amide bonds. The highest BCUT2D eigenvalue weighted by atomic mass is 32.1. The Kier molecular flexibility index (Phi) is 2.06. The lowest BCUT2D eigenvalue weighted by Gasteiger charge is -1.99. The summed E-state index contributed by atoms with van der Waals surface area (Å²) in [6.45, 7) is 0. The van der Waals surface area contributed by atoms with E-state index >= 15 is 0 Å². The first-order chi connectivity index (χ1) is 6.29. The van der Waals surface area contributed by atoms with Crippen molar-refractivity contribution in [3.63, 3.8) is 0 Å². The topological polar surface area (TPSA) is 12.9 Å². The third-order valence-electron chi connectivity index (χ3n) is 1.57. The number of thiazole rings is 1. The molecule has 0 N–H and O–H groups in total. The zero-order valence-corrected chi connectivity index (χ0v) is 7.24. The molecule has 13 heavy (non-hydrogen) atoms. The quantitative estimate of drug-likeness (QED) is 0.683. The fraction of sp³-hybridized carbons (Fsp3) is 0. The maximum Gasteiger partial charge on any atom is 0.136 e. The van der Waals surface area contributed by atoms with Crippen LogP contribution in [0.25, 0.3) is 10.6 Å². The van der Waals surface area contributed by atoms with E-state index in [1.165, 1.54) is 24.4 Å². The molecule has 0 bridgehead atoms. The minimum absolute atomic E-state index is 0.0752. The van der Waals surface area contributed by atoms with Gasteiger partial charge in [-0.3, -0.25) is 0 Å². The predicted molar refractivity (Wildman–Crippen MR) is 46.3 cm³/mol. The second kappa shape index (κ2) is 3.22. The van der Waals surface area contributed by atoms with Gasteiger partial charge >= 0.3 is 0 Å². The molecule has 1 nitrogen and oxygen atoms in total. The molecule has 0 unspecified atom stereocenters. The van der Waals surface area contributed by atoms with Crippen molar-refractivity contribution in [3.8, 4) is 10.6 Å². The Hall–Kier alpha value is -1.29. The smallest absolute Gasteiger partial charge is 0.136 e. The van der Waals surface area contributed by atoms with Crippen molar-refractivity contribution in [2.45, 2.75) is 0 Å². The fourth-order valence-corrected chi connectivity index (χ4v) is 1.63. The van der Waals surface area contributed by atoms with Crippen LogP contribution in [0.3, 0.4) is 0 Å². The van der Waals surface area contributed by atoms with E-state index in [9.17, 15) is 8.78 Å². The largest absolute Gasteiger partial charge is 0.244 e. The van der Waals surface area contributed by atoms with Gasteiger partial charge in [-0.1, -0.05) is 6.07 Å². The molecule has 0 atom stereocenters. The Morgan fingerprint density at radius 1 is 1.23 bits per heavy atom. The Bertz CT molecular complexity index is 391. The highest BCUT2D eigenvalue weighted by molar-refractivity contribution is 7.12. The molecular formula is C9H4F2NS. The summed E-state index contributed by atoms with van der Waals surface area (Å²) in [5, 5.41) is 3.00. The van der Waals surface area contributed by atoms with Crippen LogP contribution in [0.4, 0.5) is 8.78 Å². The molecule has 0 saturated carbocycles. The molecule has 1 aromatic heterocycles. The Morgan fingerprint density at radius 3 is 2.46 bits per heavy atom. The van der Waals surface area contributed by atoms with Crippen molar-refractivity contribution in [2.24, 2.45) is 0 Å². The highest BCUT2D eigenvalue weighted by Crippen LogP contribution is 2.26. The molecule has 1 heterocycles. The molecule has 0 fully saturated rings. The molecule has 1 aromatic carbocycles. The standard InChI is InChI=1S/C9H4F2NS/c10-6-2-1-3-7(11)8(6)9-12-4-5-13-9/h1-4H. The van der Waals surface area contributed by atoms with Gasteiger partial charge in [-0.25, -0.2) is 13.8 Å². The van der Waals surface area contributed by atoms with Crippen molar-refractivity contribution in [1.82, 2.24) is 4.98 Å². The van der Waals surface area contributed by atoms with Crippen LogP contribution in [0.5, 0.6) is 0 Å². The van der Waals surface area contributed by atoms with Gasteiger partial charge in [0.25, 0.3) is 0 Å². The Balaban J connectivity index is 2.64. The minimum Gasteiger partial charge on any atom is -0.244 e. The highest BCUT2D eigenvalue weighted by Gasteiger charge is 2.12. The molecule has 4 heteroatoms. The van der Waals surface area contributed by atoms with Crippen molar-refractivity contribution in [2.75, 3.05) is 0 Å². The van der Waals surface area contributed by atoms with Gasteiger partial charge in [0, 0.05) is 6.20 Å². The van der Waals surface area contributed by atoms with Crippen LogP contribution >= 0.6 is 11.3 Å². The molecule has 1 radical (unpaired) electrons. The van der Waals surface area contributed by atoms with Gasteiger partial charge in [0.15, 0.2) is 0 Å². The first-order valence-corrected chi connectivity index (χ1v) is 4.37. The summed E-state index contributed by atoms with van der Waals surface area (Å²) in [4.78, 5) is 3.79. The molecule has 2 rings (SSSR count). The number of halogens is 2. The Labute approximate surface area is 77.7 Å². The van der Waals surface area contributed by atoms with Crippen LogP contribution in [0, 0.1) is 17.0 Å². The van der Waals surface area contributed by atoms with Gasteiger partial charge in [-0.15, -0.1) is 11.3 Å². The molecular weight excluding hydrogens is 192 g/mol. The maximum atomic E-state index is 13.1. The van der Waals surface area contributed by atoms with E-state index in [0.717, 1.165) is 11.3 Å². The SMILES string of the molecule is Fc1cccc(F)c1-c1nc[c]s1. The molecule has 0 aliphatic rings. The second-order valence-electron chi connectivity index (χ2n) is 2.38. The van der Waals surface area contributed by atoms with E-state index in [1.807, 2.05) is 0 Å². The average Bonchev–Trinajstić information content (AvgIpc) is 2.57. The van der Waals surface area contributed by atoms with E-state index in [2.05, 4.69) is 10.4 Å². The number of aromatic nitrogens is 1. The molecule has 0 aliphatic heterocycles. The molecule has 0 spiro atoms. The van der Waals surface area contributed by atoms with E-state index in [0.29, 0.717) is 5.01 Å². The number of nitrogens with zero attached hydrogens (tertiary/aromatic N) is 1. The molecule has 0 saturated heterocycles. The van der Waals surface area contributed by atoms with Gasteiger partial charge in [-0.2, -0.15) is 0 Å². The Morgan fingerprint density at radius 2 is 1.92 bits per heavy atom. The first kappa shape index (κ1) is 8.31. The van der Waals surface area contributed by atoms with Crippen LogP contribution in [0.15, 0.2) is 24.4 Å². The minimum atomic E-state index is -0.594. The fourth-order valence-electron chi connectivity index (χ4n) is 1.01. The number of rotatable bonds is 1. The number of benzene rings is 1. The summed E-state index contributed by atoms with van der Waals surface area (Å²) in [6.07, 6.45) is 1.39. The van der Waals surface area contributed by atoms with Gasteiger partial charge in [0.2, 0.25) is 0 Å². The lowest BCUT2D eigenvalue weighted by molar-refractivity contribution is 0.589. The van der Waals surface area contributed by atoms with Crippen LogP contribution in [0.1, 0.15) is 0 Å². The molecule has 0 aliphatic carbocycles. The monoisotopic (exact) mass is 196 g/mol. The van der Waals surface area contributed by atoms with Crippen LogP contribution < -0.4 is 0 Å². The number of hydrogen-bond acceptors (Lipinski definition) is 2. The summed E-state index contributed by atoms with van der Waals surface area (Å²) in [7, 11) is 0. The summed E-state index contributed by atoms with van der Waals surface area (Å²) in [5.74, 6) is -1.19. The van der Waals surface area contributed by atoms with Crippen LogP contribution in [0.2, 0.25) is 0 Å². The van der Waals surface area contributed by atoms with Crippen molar-refractivity contribution >= 4 is 11.3 Å². The van der Waals surface area contributed by atoms with E-state index in [1.54, 1.807) is 0 Å². The normalized spacial score (nSPS) is 10.3. The lowest BCUT2D eigenvalue weighted by Crippen LogP contribution is -1.87. The van der Waals surface area contributed by atoms with Crippen LogP contribution in [-0.4, -0.2) is 4.98 Å². The van der Waals surface area contributed by atoms with Gasteiger partial charge < -0.3 is 0 Å². The predicted octanol–water partition coefficient (Wildman–Crippen LogP) is 2.89. The number of hydrogen-bond donors (Lipinski definition) is 0. The van der Waals surface area contributed by atoms with Crippen molar-refractivity contribution in [1.29, 1.82) is 0 Å². The van der Waals surface area contributed by atoms with Gasteiger partial charge in [0.05, 0.1) is 10.9 Å². The summed E-state index contributed by atoms with van der Waals surface area (Å²) in [5.41, 5.74) is -0.0752. The van der Waals surface area contributed by atoms with E-state index in [4.69, 9.17) is 0 Å². The summed E-state index contributed by atoms with van der Waals surface area (Å²) < 4.78 is 26.3. The van der Waals surface area contributed by atoms with E-state index in [-0.39, 0.29) is 5.56 Å². The zero-order valence-electron chi connectivity index (χ0n) is 6.42. The lowest BCUT2D eigenvalue weighted by atomic mass is 10.2. The third-order valence-corrected chi connectivity index (χ3v) is 2.29. The molecule has 2 aromatic rings. The van der Waals surface area contributed by atoms with Crippen molar-refractivity contribution < 1.29 is 8.78 Å². The van der Waals surface area contributed by atoms with Crippen molar-refractivity contribution in [3.05, 3.63) is 41.4 Å². The molecule has 65 valence electrons. The first-order valence-electron chi connectivity index (χ1n) is 3.55. The average molecular weight is 196 g/mol. The summed E-state index contributed by atoms with van der Waals surface area (Å²) >= 11 is 1.09. The van der Waals surface area contributed by atoms with E-state index < -0.39 is 11.6 Å². The second-order valence-corrected chi connectivity index (χ2v) is 3.21. The maximum absolute atomic E-state index is 13.1.